The molecule has 4 rings (SSSR count). The molecule has 0 atom stereocenters. The third kappa shape index (κ3) is 20.6. The van der Waals surface area contributed by atoms with Crippen LogP contribution in [-0.2, 0) is 10.8 Å². The van der Waals surface area contributed by atoms with E-state index < -0.39 is 0 Å². The van der Waals surface area contributed by atoms with E-state index in [0.717, 1.165) is 13.1 Å². The van der Waals surface area contributed by atoms with E-state index in [-0.39, 0.29) is 34.8 Å². The summed E-state index contributed by atoms with van der Waals surface area (Å²) < 4.78 is 2.67. The van der Waals surface area contributed by atoms with Gasteiger partial charge < -0.3 is 4.90 Å². The van der Waals surface area contributed by atoms with Crippen molar-refractivity contribution in [2.45, 2.75) is 284 Å². The van der Waals surface area contributed by atoms with Crippen molar-refractivity contribution in [2.24, 2.45) is 0 Å². The lowest BCUT2D eigenvalue weighted by molar-refractivity contribution is -0.438. The second-order valence-corrected chi connectivity index (χ2v) is 21.9. The van der Waals surface area contributed by atoms with Crippen molar-refractivity contribution in [3.63, 3.8) is 0 Å². The molecule has 2 aliphatic heterocycles. The zero-order chi connectivity index (χ0) is 46.3. The van der Waals surface area contributed by atoms with E-state index in [1.54, 1.807) is 0 Å². The van der Waals surface area contributed by atoms with Crippen molar-refractivity contribution >= 4 is 41.1 Å². The molecule has 0 N–H and O–H groups in total. The average Bonchev–Trinajstić information content (AvgIpc) is 3.66. The van der Waals surface area contributed by atoms with Crippen LogP contribution in [0, 0.1) is 0 Å². The zero-order valence-electron chi connectivity index (χ0n) is 44.5. The first kappa shape index (κ1) is 58.4. The number of unbranched alkanes of at least 4 members (excludes halogenated alkanes) is 34. The molecule has 0 saturated carbocycles. The molecule has 0 saturated heterocycles. The molecule has 2 aliphatic rings. The Bertz CT molecular complexity index is 1630. The average molecular weight is 1020 g/mol. The highest BCUT2D eigenvalue weighted by molar-refractivity contribution is 14.0. The summed E-state index contributed by atoms with van der Waals surface area (Å²) >= 11 is 0. The summed E-state index contributed by atoms with van der Waals surface area (Å²) in [5, 5.41) is 0. The number of hydrogen-bond acceptors (Lipinski definition) is 1. The van der Waals surface area contributed by atoms with Gasteiger partial charge >= 0.3 is 0 Å². The molecule has 66 heavy (non-hydrogen) atoms. The molecule has 0 fully saturated rings. The van der Waals surface area contributed by atoms with E-state index >= 15 is 0 Å². The van der Waals surface area contributed by atoms with Crippen LogP contribution < -0.4 is 4.90 Å². The van der Waals surface area contributed by atoms with Gasteiger partial charge in [0.05, 0.1) is 5.41 Å². The molecule has 2 aromatic rings. The number of hydrogen-bond donors (Lipinski definition) is 0. The summed E-state index contributed by atoms with van der Waals surface area (Å²) in [6.45, 7) is 16.6. The maximum atomic E-state index is 2.67. The number of benzene rings is 2. The Morgan fingerprint density at radius 2 is 0.788 bits per heavy atom. The largest absolute Gasteiger partial charge is 0.344 e. The SMILES string of the molecule is CCCCCCCCCCCCCCCCCCCCN1/C(=C/C=C/C2=[N+](CCCCCCCCCCCCCCCCCCCC)c3ccccc3C2(C)C)C(C)(C)c2ccccc21.I. The fourth-order valence-electron chi connectivity index (χ4n) is 11.3. The minimum atomic E-state index is -0.0133. The van der Waals surface area contributed by atoms with Crippen LogP contribution in [0.3, 0.4) is 0 Å². The molecule has 2 nitrogen and oxygen atoms in total. The predicted molar refractivity (Wildman–Crippen MR) is 306 cm³/mol. The molecule has 0 bridgehead atoms. The molecule has 0 spiro atoms. The first-order chi connectivity index (χ1) is 31.8. The van der Waals surface area contributed by atoms with Gasteiger partial charge in [-0.3, -0.25) is 0 Å². The highest BCUT2D eigenvalue weighted by Gasteiger charge is 2.44. The van der Waals surface area contributed by atoms with Crippen LogP contribution in [-0.4, -0.2) is 23.4 Å². The van der Waals surface area contributed by atoms with Gasteiger partial charge in [-0.05, 0) is 44.4 Å². The van der Waals surface area contributed by atoms with Crippen molar-refractivity contribution < 1.29 is 4.58 Å². The summed E-state index contributed by atoms with van der Waals surface area (Å²) in [6.07, 6.45) is 58.5. The van der Waals surface area contributed by atoms with Crippen LogP contribution in [0.4, 0.5) is 11.4 Å². The van der Waals surface area contributed by atoms with E-state index in [2.05, 4.69) is 118 Å². The lowest BCUT2D eigenvalue weighted by Gasteiger charge is -2.27. The number of halogens is 1. The number of rotatable bonds is 40. The van der Waals surface area contributed by atoms with E-state index in [1.807, 2.05) is 0 Å². The van der Waals surface area contributed by atoms with E-state index in [1.165, 1.54) is 265 Å². The number of para-hydroxylation sites is 2. The molecule has 0 amide bonds. The van der Waals surface area contributed by atoms with Gasteiger partial charge in [0, 0.05) is 47.5 Å². The van der Waals surface area contributed by atoms with E-state index in [9.17, 15) is 0 Å². The molecular formula is C63H106IN2+. The highest BCUT2D eigenvalue weighted by Crippen LogP contribution is 2.48. The maximum absolute atomic E-state index is 2.67. The minimum Gasteiger partial charge on any atom is -0.344 e. The zero-order valence-corrected chi connectivity index (χ0v) is 46.9. The topological polar surface area (TPSA) is 6.25 Å². The Morgan fingerprint density at radius 3 is 1.23 bits per heavy atom. The van der Waals surface area contributed by atoms with Crippen LogP contribution in [0.1, 0.15) is 284 Å². The molecule has 0 aliphatic carbocycles. The fraction of sp³-hybridized carbons (Fsp3) is 0.730. The number of anilines is 1. The van der Waals surface area contributed by atoms with Gasteiger partial charge in [-0.15, -0.1) is 24.0 Å². The van der Waals surface area contributed by atoms with Crippen molar-refractivity contribution in [2.75, 3.05) is 18.0 Å². The van der Waals surface area contributed by atoms with Crippen molar-refractivity contribution in [3.05, 3.63) is 83.6 Å². The first-order valence-corrected chi connectivity index (χ1v) is 28.8. The standard InChI is InChI=1S/C63H105N2.HI/c1-7-9-11-13-15-17-19-21-23-25-27-29-31-33-35-37-39-45-54-64-58-50-43-41-48-56(58)62(3,4)60(64)52-47-53-61-63(5,6)57-49-42-44-51-59(57)65(61)55-46-40-38-36-34-32-30-28-26-24-22-20-18-16-14-12-10-8-2;/h41-44,47-53H,7-40,45-46,54-55H2,1-6H3;1H/q+1;. The summed E-state index contributed by atoms with van der Waals surface area (Å²) in [4.78, 5) is 2.67. The molecule has 2 heterocycles. The predicted octanol–water partition coefficient (Wildman–Crippen LogP) is 21.0. The van der Waals surface area contributed by atoms with Gasteiger partial charge in [-0.2, -0.15) is 4.58 Å². The Hall–Kier alpha value is -1.88. The maximum Gasteiger partial charge on any atom is 0.209 e. The van der Waals surface area contributed by atoms with Crippen LogP contribution in [0.2, 0.25) is 0 Å². The number of fused-ring (bicyclic) bond motifs is 2. The molecular weight excluding hydrogens is 912 g/mol. The van der Waals surface area contributed by atoms with Crippen LogP contribution in [0.5, 0.6) is 0 Å². The molecule has 0 unspecified atom stereocenters. The number of nitrogens with zero attached hydrogens (tertiary/aromatic N) is 2. The van der Waals surface area contributed by atoms with Crippen LogP contribution >= 0.6 is 24.0 Å². The molecule has 374 valence electrons. The van der Waals surface area contributed by atoms with Crippen LogP contribution in [0.15, 0.2) is 72.5 Å². The summed E-state index contributed by atoms with van der Waals surface area (Å²) in [6, 6.07) is 18.4. The van der Waals surface area contributed by atoms with Crippen LogP contribution in [0.25, 0.3) is 0 Å². The Labute approximate surface area is 428 Å². The van der Waals surface area contributed by atoms with Gasteiger partial charge in [0.2, 0.25) is 5.69 Å². The first-order valence-electron chi connectivity index (χ1n) is 28.8. The lowest BCUT2D eigenvalue weighted by atomic mass is 9.81. The molecule has 3 heteroatoms. The summed E-state index contributed by atoms with van der Waals surface area (Å²) in [5.74, 6) is 0. The summed E-state index contributed by atoms with van der Waals surface area (Å²) in [5.41, 5.74) is 8.65. The fourth-order valence-corrected chi connectivity index (χ4v) is 11.3. The molecule has 0 aromatic heterocycles. The normalized spacial score (nSPS) is 15.6. The van der Waals surface area contributed by atoms with Gasteiger partial charge in [-0.1, -0.05) is 282 Å². The van der Waals surface area contributed by atoms with E-state index in [0.29, 0.717) is 0 Å². The van der Waals surface area contributed by atoms with Crippen molar-refractivity contribution in [3.8, 4) is 0 Å². The smallest absolute Gasteiger partial charge is 0.209 e. The summed E-state index contributed by atoms with van der Waals surface area (Å²) in [7, 11) is 0. The van der Waals surface area contributed by atoms with Crippen molar-refractivity contribution in [1.82, 2.24) is 0 Å². The monoisotopic (exact) mass is 1020 g/mol. The third-order valence-corrected chi connectivity index (χ3v) is 15.6. The van der Waals surface area contributed by atoms with Gasteiger partial charge in [0.15, 0.2) is 5.71 Å². The van der Waals surface area contributed by atoms with Gasteiger partial charge in [0.25, 0.3) is 0 Å². The Kier molecular flexibility index (Phi) is 31.2. The van der Waals surface area contributed by atoms with E-state index in [4.69, 9.17) is 0 Å². The Morgan fingerprint density at radius 1 is 0.424 bits per heavy atom. The quantitative estimate of drug-likeness (QED) is 0.0366. The third-order valence-electron chi connectivity index (χ3n) is 15.6. The number of allylic oxidation sites excluding steroid dienone is 4. The second kappa shape index (κ2) is 35.3. The Balaban J connectivity index is 0.0000116. The van der Waals surface area contributed by atoms with Gasteiger partial charge in [-0.25, -0.2) is 0 Å². The van der Waals surface area contributed by atoms with Crippen molar-refractivity contribution in [1.29, 1.82) is 0 Å². The second-order valence-electron chi connectivity index (χ2n) is 21.9. The lowest BCUT2D eigenvalue weighted by Crippen LogP contribution is -2.28. The molecule has 0 radical (unpaired) electrons. The minimum absolute atomic E-state index is 0. The van der Waals surface area contributed by atoms with Gasteiger partial charge in [0.1, 0.15) is 6.54 Å². The highest BCUT2D eigenvalue weighted by atomic mass is 127. The molecule has 2 aromatic carbocycles.